The topological polar surface area (TPSA) is 105 Å². The molecule has 32 heavy (non-hydrogen) atoms. The van der Waals surface area contributed by atoms with Gasteiger partial charge in [-0.2, -0.15) is 0 Å². The molecule has 2 atom stereocenters. The van der Waals surface area contributed by atoms with Crippen molar-refractivity contribution in [1.82, 2.24) is 10.6 Å². The number of amides is 2. The summed E-state index contributed by atoms with van der Waals surface area (Å²) in [5.74, 6) is -1.06. The molecule has 1 aliphatic rings. The van der Waals surface area contributed by atoms with Crippen molar-refractivity contribution >= 4 is 18.0 Å². The van der Waals surface area contributed by atoms with Gasteiger partial charge in [0.25, 0.3) is 0 Å². The summed E-state index contributed by atoms with van der Waals surface area (Å²) in [6.07, 6.45) is 0.238. The zero-order valence-corrected chi connectivity index (χ0v) is 18.5. The average molecular weight is 439 g/mol. The van der Waals surface area contributed by atoms with Crippen molar-refractivity contribution in [3.63, 3.8) is 0 Å². The van der Waals surface area contributed by atoms with Crippen LogP contribution < -0.4 is 10.6 Å². The molecular weight excluding hydrogens is 408 g/mol. The molecule has 1 aliphatic carbocycles. The quantitative estimate of drug-likeness (QED) is 0.521. The maximum Gasteiger partial charge on any atom is 0.407 e. The Kier molecular flexibility index (Phi) is 7.87. The van der Waals surface area contributed by atoms with E-state index in [2.05, 4.69) is 34.9 Å². The van der Waals surface area contributed by atoms with Gasteiger partial charge in [-0.15, -0.1) is 0 Å². The maximum absolute atomic E-state index is 12.3. The molecule has 2 aromatic carbocycles. The first kappa shape index (κ1) is 23.3. The fourth-order valence-corrected chi connectivity index (χ4v) is 4.10. The second-order valence-electron chi connectivity index (χ2n) is 8.42. The Morgan fingerprint density at radius 1 is 0.969 bits per heavy atom. The molecule has 0 fully saturated rings. The summed E-state index contributed by atoms with van der Waals surface area (Å²) >= 11 is 0. The summed E-state index contributed by atoms with van der Waals surface area (Å²) in [5, 5.41) is 14.2. The van der Waals surface area contributed by atoms with Gasteiger partial charge in [-0.3, -0.25) is 9.59 Å². The van der Waals surface area contributed by atoms with Crippen LogP contribution in [-0.2, 0) is 14.3 Å². The molecule has 3 N–H and O–H groups in total. The first-order valence-corrected chi connectivity index (χ1v) is 10.9. The predicted octanol–water partition coefficient (Wildman–Crippen LogP) is 3.92. The van der Waals surface area contributed by atoms with Gasteiger partial charge in [-0.05, 0) is 41.5 Å². The lowest BCUT2D eigenvalue weighted by molar-refractivity contribution is -0.138. The third-order valence-corrected chi connectivity index (χ3v) is 5.68. The Hall–Kier alpha value is -3.35. The Morgan fingerprint density at radius 3 is 2.16 bits per heavy atom. The van der Waals surface area contributed by atoms with E-state index in [-0.39, 0.29) is 43.2 Å². The Bertz CT molecular complexity index is 929. The summed E-state index contributed by atoms with van der Waals surface area (Å²) in [7, 11) is 0. The van der Waals surface area contributed by atoms with Crippen molar-refractivity contribution in [2.24, 2.45) is 5.92 Å². The Balaban J connectivity index is 1.43. The summed E-state index contributed by atoms with van der Waals surface area (Å²) in [6, 6.07) is 15.9. The average Bonchev–Trinajstić information content (AvgIpc) is 3.05. The maximum atomic E-state index is 12.3. The number of hydrogen-bond acceptors (Lipinski definition) is 4. The zero-order valence-electron chi connectivity index (χ0n) is 18.5. The molecule has 7 heteroatoms. The first-order chi connectivity index (χ1) is 15.3. The van der Waals surface area contributed by atoms with Gasteiger partial charge < -0.3 is 20.5 Å². The van der Waals surface area contributed by atoms with Gasteiger partial charge in [0.05, 0.1) is 0 Å². The summed E-state index contributed by atoms with van der Waals surface area (Å²) < 4.78 is 5.50. The van der Waals surface area contributed by atoms with Gasteiger partial charge >= 0.3 is 12.1 Å². The van der Waals surface area contributed by atoms with E-state index in [4.69, 9.17) is 9.84 Å². The van der Waals surface area contributed by atoms with Gasteiger partial charge in [-0.1, -0.05) is 55.5 Å². The van der Waals surface area contributed by atoms with Gasteiger partial charge in [0.15, 0.2) is 0 Å². The van der Waals surface area contributed by atoms with Crippen LogP contribution in [0.5, 0.6) is 0 Å². The van der Waals surface area contributed by atoms with Crippen molar-refractivity contribution in [3.05, 3.63) is 59.7 Å². The third kappa shape index (κ3) is 6.09. The standard InChI is InChI=1S/C25H30N2O5/c1-16(13-24(29)30)11-12-26-23(28)14-17(2)27-25(31)32-15-22-20-9-5-3-7-18(20)19-8-4-6-10-21(19)22/h3-10,16-17,22H,11-15H2,1-2H3,(H,26,28)(H,27,31)(H,29,30)/t16?,17-/m1/s1. The van der Waals surface area contributed by atoms with E-state index in [1.54, 1.807) is 6.92 Å². The molecule has 0 bridgehead atoms. The molecule has 0 spiro atoms. The zero-order chi connectivity index (χ0) is 23.1. The second-order valence-corrected chi connectivity index (χ2v) is 8.42. The lowest BCUT2D eigenvalue weighted by Gasteiger charge is -2.17. The SMILES string of the molecule is CC(CCNC(=O)C[C@@H](C)NC(=O)OCC1c2ccccc2-c2ccccc21)CC(=O)O. The Morgan fingerprint density at radius 2 is 1.56 bits per heavy atom. The number of hydrogen-bond donors (Lipinski definition) is 3. The number of carbonyl (C=O) groups excluding carboxylic acids is 2. The van der Waals surface area contributed by atoms with E-state index >= 15 is 0 Å². The smallest absolute Gasteiger partial charge is 0.407 e. The first-order valence-electron chi connectivity index (χ1n) is 10.9. The molecule has 0 heterocycles. The van der Waals surface area contributed by atoms with E-state index in [9.17, 15) is 14.4 Å². The molecular formula is C25H30N2O5. The number of fused-ring (bicyclic) bond motifs is 3. The van der Waals surface area contributed by atoms with Crippen molar-refractivity contribution in [2.45, 2.75) is 45.1 Å². The van der Waals surface area contributed by atoms with Crippen molar-refractivity contribution in [2.75, 3.05) is 13.2 Å². The molecule has 0 radical (unpaired) electrons. The molecule has 7 nitrogen and oxygen atoms in total. The minimum atomic E-state index is -0.843. The lowest BCUT2D eigenvalue weighted by Crippen LogP contribution is -2.38. The van der Waals surface area contributed by atoms with Crippen LogP contribution >= 0.6 is 0 Å². The molecule has 0 saturated heterocycles. The van der Waals surface area contributed by atoms with Gasteiger partial charge in [-0.25, -0.2) is 4.79 Å². The van der Waals surface area contributed by atoms with Crippen LogP contribution in [0.25, 0.3) is 11.1 Å². The lowest BCUT2D eigenvalue weighted by atomic mass is 9.98. The number of aliphatic carboxylic acids is 1. The minimum Gasteiger partial charge on any atom is -0.481 e. The van der Waals surface area contributed by atoms with Crippen LogP contribution in [0.3, 0.4) is 0 Å². The number of rotatable bonds is 10. The molecule has 2 amide bonds. The number of carboxylic acids is 1. The van der Waals surface area contributed by atoms with Crippen LogP contribution in [0.1, 0.15) is 50.2 Å². The molecule has 0 aromatic heterocycles. The van der Waals surface area contributed by atoms with E-state index in [1.165, 1.54) is 11.1 Å². The van der Waals surface area contributed by atoms with E-state index in [0.29, 0.717) is 13.0 Å². The van der Waals surface area contributed by atoms with Gasteiger partial charge in [0.2, 0.25) is 5.91 Å². The fraction of sp³-hybridized carbons (Fsp3) is 0.400. The van der Waals surface area contributed by atoms with Crippen molar-refractivity contribution in [3.8, 4) is 11.1 Å². The van der Waals surface area contributed by atoms with Crippen LogP contribution in [-0.4, -0.2) is 42.3 Å². The van der Waals surface area contributed by atoms with Crippen LogP contribution in [0, 0.1) is 5.92 Å². The fourth-order valence-electron chi connectivity index (χ4n) is 4.10. The third-order valence-electron chi connectivity index (χ3n) is 5.68. The van der Waals surface area contributed by atoms with E-state index < -0.39 is 12.1 Å². The Labute approximate surface area is 188 Å². The summed E-state index contributed by atoms with van der Waals surface area (Å²) in [6.45, 7) is 4.21. The van der Waals surface area contributed by atoms with Gasteiger partial charge in [0, 0.05) is 31.3 Å². The van der Waals surface area contributed by atoms with Crippen LogP contribution in [0.2, 0.25) is 0 Å². The van der Waals surface area contributed by atoms with Crippen molar-refractivity contribution < 1.29 is 24.2 Å². The summed E-state index contributed by atoms with van der Waals surface area (Å²) in [4.78, 5) is 35.0. The number of nitrogens with one attached hydrogen (secondary N) is 2. The number of carbonyl (C=O) groups is 3. The number of alkyl carbamates (subject to hydrolysis) is 1. The molecule has 1 unspecified atom stereocenters. The van der Waals surface area contributed by atoms with E-state index in [0.717, 1.165) is 11.1 Å². The molecule has 0 aliphatic heterocycles. The number of carboxylic acid groups (broad SMARTS) is 1. The number of ether oxygens (including phenoxy) is 1. The van der Waals surface area contributed by atoms with Crippen LogP contribution in [0.4, 0.5) is 4.79 Å². The highest BCUT2D eigenvalue weighted by molar-refractivity contribution is 5.79. The van der Waals surface area contributed by atoms with Crippen LogP contribution in [0.15, 0.2) is 48.5 Å². The summed E-state index contributed by atoms with van der Waals surface area (Å²) in [5.41, 5.74) is 4.62. The molecule has 0 saturated carbocycles. The van der Waals surface area contributed by atoms with Gasteiger partial charge in [0.1, 0.15) is 6.61 Å². The largest absolute Gasteiger partial charge is 0.481 e. The normalized spacial score (nSPS) is 14.1. The second kappa shape index (κ2) is 10.8. The number of benzene rings is 2. The molecule has 3 rings (SSSR count). The van der Waals surface area contributed by atoms with E-state index in [1.807, 2.05) is 31.2 Å². The highest BCUT2D eigenvalue weighted by atomic mass is 16.5. The highest BCUT2D eigenvalue weighted by Gasteiger charge is 2.29. The van der Waals surface area contributed by atoms with Crippen molar-refractivity contribution in [1.29, 1.82) is 0 Å². The highest BCUT2D eigenvalue weighted by Crippen LogP contribution is 2.44. The monoisotopic (exact) mass is 438 g/mol. The molecule has 170 valence electrons. The molecule has 2 aromatic rings. The predicted molar refractivity (Wildman–Crippen MR) is 121 cm³/mol. The minimum absolute atomic E-state index is 0.0100.